The maximum absolute atomic E-state index is 5.06. The second-order valence-electron chi connectivity index (χ2n) is 6.17. The van der Waals surface area contributed by atoms with E-state index in [-0.39, 0.29) is 5.54 Å². The zero-order valence-corrected chi connectivity index (χ0v) is 13.0. The first-order chi connectivity index (χ1) is 9.34. The zero-order valence-electron chi connectivity index (χ0n) is 12.1. The molecule has 3 heteroatoms. The van der Waals surface area contributed by atoms with Gasteiger partial charge in [-0.3, -0.25) is 0 Å². The maximum atomic E-state index is 5.06. The molecule has 19 heavy (non-hydrogen) atoms. The van der Waals surface area contributed by atoms with Gasteiger partial charge in [-0.05, 0) is 51.5 Å². The van der Waals surface area contributed by atoms with E-state index in [0.717, 1.165) is 6.54 Å². The zero-order chi connectivity index (χ0) is 13.1. The van der Waals surface area contributed by atoms with Crippen LogP contribution in [0.3, 0.4) is 0 Å². The second kappa shape index (κ2) is 5.92. The highest BCUT2D eigenvalue weighted by Gasteiger charge is 2.36. The van der Waals surface area contributed by atoms with Crippen LogP contribution >= 0.6 is 11.3 Å². The van der Waals surface area contributed by atoms with Crippen LogP contribution in [0.2, 0.25) is 0 Å². The highest BCUT2D eigenvalue weighted by Crippen LogP contribution is 2.41. The number of aryl methyl sites for hydroxylation is 2. The Balaban J connectivity index is 1.87. The number of fused-ring (bicyclic) bond motifs is 1. The minimum Gasteiger partial charge on any atom is -0.305 e. The normalized spacial score (nSPS) is 22.2. The molecule has 2 aliphatic rings. The number of hydrogen-bond acceptors (Lipinski definition) is 3. The van der Waals surface area contributed by atoms with Crippen molar-refractivity contribution in [1.29, 1.82) is 0 Å². The summed E-state index contributed by atoms with van der Waals surface area (Å²) in [5, 5.41) is 5.27. The molecule has 2 aliphatic carbocycles. The van der Waals surface area contributed by atoms with Crippen LogP contribution in [-0.2, 0) is 18.4 Å². The minimum absolute atomic E-state index is 0.219. The third-order valence-electron chi connectivity index (χ3n) is 4.68. The highest BCUT2D eigenvalue weighted by molar-refractivity contribution is 7.11. The van der Waals surface area contributed by atoms with Gasteiger partial charge in [-0.25, -0.2) is 4.98 Å². The van der Waals surface area contributed by atoms with Gasteiger partial charge in [0.15, 0.2) is 0 Å². The third-order valence-corrected chi connectivity index (χ3v) is 6.04. The van der Waals surface area contributed by atoms with Crippen LogP contribution in [0, 0.1) is 0 Å². The Morgan fingerprint density at radius 1 is 1.11 bits per heavy atom. The van der Waals surface area contributed by atoms with Gasteiger partial charge in [-0.15, -0.1) is 11.3 Å². The number of aromatic nitrogens is 1. The maximum Gasteiger partial charge on any atom is 0.113 e. The lowest BCUT2D eigenvalue weighted by Crippen LogP contribution is -2.44. The fraction of sp³-hybridized carbons (Fsp3) is 0.812. The first-order valence-electron chi connectivity index (χ1n) is 8.08. The number of rotatable bonds is 4. The van der Waals surface area contributed by atoms with E-state index in [1.807, 2.05) is 11.3 Å². The van der Waals surface area contributed by atoms with Gasteiger partial charge in [0, 0.05) is 4.88 Å². The molecule has 0 bridgehead atoms. The second-order valence-corrected chi connectivity index (χ2v) is 7.25. The molecule has 2 nitrogen and oxygen atoms in total. The summed E-state index contributed by atoms with van der Waals surface area (Å²) in [5.41, 5.74) is 1.64. The summed E-state index contributed by atoms with van der Waals surface area (Å²) in [5.74, 6) is 0. The first-order valence-corrected chi connectivity index (χ1v) is 8.90. The lowest BCUT2D eigenvalue weighted by Gasteiger charge is -2.36. The van der Waals surface area contributed by atoms with E-state index in [1.165, 1.54) is 74.9 Å². The number of nitrogens with zero attached hydrogens (tertiary/aromatic N) is 1. The summed E-state index contributed by atoms with van der Waals surface area (Å²) in [4.78, 5) is 6.64. The summed E-state index contributed by atoms with van der Waals surface area (Å²) in [6, 6.07) is 0. The van der Waals surface area contributed by atoms with Crippen LogP contribution in [0.15, 0.2) is 0 Å². The van der Waals surface area contributed by atoms with Crippen molar-refractivity contribution in [2.75, 3.05) is 6.54 Å². The van der Waals surface area contributed by atoms with E-state index in [4.69, 9.17) is 4.98 Å². The predicted octanol–water partition coefficient (Wildman–Crippen LogP) is 4.18. The van der Waals surface area contributed by atoms with Gasteiger partial charge in [0.2, 0.25) is 0 Å². The summed E-state index contributed by atoms with van der Waals surface area (Å²) in [6.45, 7) is 3.39. The van der Waals surface area contributed by atoms with E-state index < -0.39 is 0 Å². The first kappa shape index (κ1) is 13.6. The van der Waals surface area contributed by atoms with Crippen LogP contribution in [0.25, 0.3) is 0 Å². The van der Waals surface area contributed by atoms with Crippen LogP contribution in [0.1, 0.15) is 73.9 Å². The average molecular weight is 278 g/mol. The van der Waals surface area contributed by atoms with Crippen molar-refractivity contribution < 1.29 is 0 Å². The molecule has 1 aromatic rings. The fourth-order valence-electron chi connectivity index (χ4n) is 3.54. The van der Waals surface area contributed by atoms with Crippen molar-refractivity contribution in [3.63, 3.8) is 0 Å². The molecule has 0 aromatic carbocycles. The van der Waals surface area contributed by atoms with Crippen molar-refractivity contribution in [1.82, 2.24) is 10.3 Å². The Morgan fingerprint density at radius 2 is 1.89 bits per heavy atom. The van der Waals surface area contributed by atoms with Crippen LogP contribution in [-0.4, -0.2) is 11.5 Å². The average Bonchev–Trinajstić information content (AvgIpc) is 2.91. The molecule has 1 N–H and O–H groups in total. The largest absolute Gasteiger partial charge is 0.305 e. The molecule has 0 spiro atoms. The van der Waals surface area contributed by atoms with Crippen molar-refractivity contribution in [3.8, 4) is 0 Å². The van der Waals surface area contributed by atoms with Gasteiger partial charge in [-0.2, -0.15) is 0 Å². The van der Waals surface area contributed by atoms with E-state index >= 15 is 0 Å². The molecule has 1 aromatic heterocycles. The van der Waals surface area contributed by atoms with Crippen molar-refractivity contribution in [2.24, 2.45) is 0 Å². The number of thiazole rings is 1. The minimum atomic E-state index is 0.219. The van der Waals surface area contributed by atoms with E-state index in [0.29, 0.717) is 0 Å². The van der Waals surface area contributed by atoms with Crippen LogP contribution < -0.4 is 5.32 Å². The number of hydrogen-bond donors (Lipinski definition) is 1. The molecule has 0 atom stereocenters. The Kier molecular flexibility index (Phi) is 4.23. The van der Waals surface area contributed by atoms with Crippen molar-refractivity contribution in [2.45, 2.75) is 76.7 Å². The lowest BCUT2D eigenvalue weighted by molar-refractivity contribution is 0.233. The van der Waals surface area contributed by atoms with Gasteiger partial charge in [0.05, 0.1) is 11.2 Å². The van der Waals surface area contributed by atoms with E-state index in [9.17, 15) is 0 Å². The molecule has 0 saturated heterocycles. The summed E-state index contributed by atoms with van der Waals surface area (Å²) >= 11 is 2.02. The van der Waals surface area contributed by atoms with Crippen molar-refractivity contribution in [3.05, 3.63) is 15.6 Å². The van der Waals surface area contributed by atoms with E-state index in [1.54, 1.807) is 4.88 Å². The quantitative estimate of drug-likeness (QED) is 0.893. The molecule has 1 fully saturated rings. The van der Waals surface area contributed by atoms with Gasteiger partial charge < -0.3 is 5.32 Å². The Morgan fingerprint density at radius 3 is 2.63 bits per heavy atom. The molecule has 0 aliphatic heterocycles. The molecule has 0 amide bonds. The van der Waals surface area contributed by atoms with Gasteiger partial charge >= 0.3 is 0 Å². The predicted molar refractivity (Wildman–Crippen MR) is 81.8 cm³/mol. The number of nitrogens with one attached hydrogen (secondary N) is 1. The Labute approximate surface area is 121 Å². The molecular formula is C16H26N2S. The topological polar surface area (TPSA) is 24.9 Å². The SMILES string of the molecule is CCCNC1(c2nc3c(s2)CCCC3)CCCCC1. The van der Waals surface area contributed by atoms with Gasteiger partial charge in [0.25, 0.3) is 0 Å². The fourth-order valence-corrected chi connectivity index (χ4v) is 4.92. The highest BCUT2D eigenvalue weighted by atomic mass is 32.1. The smallest absolute Gasteiger partial charge is 0.113 e. The van der Waals surface area contributed by atoms with Crippen LogP contribution in [0.4, 0.5) is 0 Å². The monoisotopic (exact) mass is 278 g/mol. The Bertz CT molecular complexity index is 395. The lowest BCUT2D eigenvalue weighted by atomic mass is 9.82. The molecule has 0 unspecified atom stereocenters. The summed E-state index contributed by atoms with van der Waals surface area (Å²) in [6.07, 6.45) is 13.1. The molecule has 106 valence electrons. The molecule has 0 radical (unpaired) electrons. The molecule has 1 heterocycles. The summed E-state index contributed by atoms with van der Waals surface area (Å²) < 4.78 is 0. The summed E-state index contributed by atoms with van der Waals surface area (Å²) in [7, 11) is 0. The van der Waals surface area contributed by atoms with Gasteiger partial charge in [0.1, 0.15) is 5.01 Å². The molecule has 1 saturated carbocycles. The standard InChI is InChI=1S/C16H26N2S/c1-2-12-17-16(10-6-3-7-11-16)15-18-13-8-4-5-9-14(13)19-15/h17H,2-12H2,1H3. The van der Waals surface area contributed by atoms with E-state index in [2.05, 4.69) is 12.2 Å². The third kappa shape index (κ3) is 2.73. The van der Waals surface area contributed by atoms with Gasteiger partial charge in [-0.1, -0.05) is 26.2 Å². The van der Waals surface area contributed by atoms with Crippen molar-refractivity contribution >= 4 is 11.3 Å². The Hall–Kier alpha value is -0.410. The molecular weight excluding hydrogens is 252 g/mol. The van der Waals surface area contributed by atoms with Crippen LogP contribution in [0.5, 0.6) is 0 Å². The molecule has 3 rings (SSSR count).